The Morgan fingerprint density at radius 3 is 2.35 bits per heavy atom. The van der Waals surface area contributed by atoms with Crippen LogP contribution in [0, 0.1) is 5.82 Å². The number of amides is 1. The number of carbonyl (C=O) groups is 1. The van der Waals surface area contributed by atoms with Gasteiger partial charge in [0.25, 0.3) is 15.9 Å². The van der Waals surface area contributed by atoms with Gasteiger partial charge < -0.3 is 5.73 Å². The first-order valence-electron chi connectivity index (χ1n) is 4.83. The van der Waals surface area contributed by atoms with Crippen molar-refractivity contribution in [3.8, 4) is 0 Å². The molecule has 2 N–H and O–H groups in total. The van der Waals surface area contributed by atoms with Crippen molar-refractivity contribution in [3.05, 3.63) is 24.0 Å². The van der Waals surface area contributed by atoms with Crippen molar-refractivity contribution >= 4 is 27.3 Å². The normalized spacial score (nSPS) is 21.1. The van der Waals surface area contributed by atoms with E-state index in [4.69, 9.17) is 5.73 Å². The Morgan fingerprint density at radius 2 is 1.88 bits per heavy atom. The van der Waals surface area contributed by atoms with E-state index < -0.39 is 26.5 Å². The minimum absolute atomic E-state index is 0.0627. The number of nitrogens with zero attached hydrogens (tertiary/aromatic N) is 1. The van der Waals surface area contributed by atoms with Gasteiger partial charge in [-0.1, -0.05) is 0 Å². The molecule has 1 heterocycles. The summed E-state index contributed by atoms with van der Waals surface area (Å²) in [5.74, 6) is -1.28. The molecule has 1 aromatic carbocycles. The van der Waals surface area contributed by atoms with Gasteiger partial charge in [-0.15, -0.1) is 0 Å². The van der Waals surface area contributed by atoms with Crippen LogP contribution in [0.15, 0.2) is 18.2 Å². The van der Waals surface area contributed by atoms with Gasteiger partial charge >= 0.3 is 0 Å². The molecular weight excluding hydrogens is 247 g/mol. The van der Waals surface area contributed by atoms with E-state index in [0.717, 1.165) is 12.1 Å². The molecule has 0 radical (unpaired) electrons. The Labute approximate surface area is 98.1 Å². The van der Waals surface area contributed by atoms with Crippen molar-refractivity contribution in [2.24, 2.45) is 0 Å². The van der Waals surface area contributed by atoms with Crippen LogP contribution in [0.1, 0.15) is 13.8 Å². The summed E-state index contributed by atoms with van der Waals surface area (Å²) in [5, 5.41) is 0. The summed E-state index contributed by atoms with van der Waals surface area (Å²) in [6.07, 6.45) is 0. The molecule has 0 aliphatic carbocycles. The highest BCUT2D eigenvalue weighted by Gasteiger charge is 2.60. The highest BCUT2D eigenvalue weighted by atomic mass is 32.2. The summed E-state index contributed by atoms with van der Waals surface area (Å²) in [4.78, 5) is 11.7. The summed E-state index contributed by atoms with van der Waals surface area (Å²) in [5.41, 5.74) is 5.40. The lowest BCUT2D eigenvalue weighted by atomic mass is 10.1. The van der Waals surface area contributed by atoms with Crippen LogP contribution in [-0.2, 0) is 14.8 Å². The van der Waals surface area contributed by atoms with Gasteiger partial charge in [0, 0.05) is 5.69 Å². The van der Waals surface area contributed by atoms with E-state index in [1.54, 1.807) is 0 Å². The molecule has 5 nitrogen and oxygen atoms in total. The highest BCUT2D eigenvalue weighted by molar-refractivity contribution is 7.98. The summed E-state index contributed by atoms with van der Waals surface area (Å²) < 4.78 is 35.9. The zero-order chi connectivity index (χ0) is 13.0. The second kappa shape index (κ2) is 3.19. The predicted molar refractivity (Wildman–Crippen MR) is 61.3 cm³/mol. The van der Waals surface area contributed by atoms with Crippen LogP contribution in [0.4, 0.5) is 15.8 Å². The Kier molecular flexibility index (Phi) is 2.22. The van der Waals surface area contributed by atoms with Crippen molar-refractivity contribution in [1.82, 2.24) is 0 Å². The second-order valence-electron chi connectivity index (χ2n) is 4.33. The number of carbonyl (C=O) groups excluding carboxylic acids is 1. The summed E-state index contributed by atoms with van der Waals surface area (Å²) in [7, 11) is -3.77. The Morgan fingerprint density at radius 1 is 1.29 bits per heavy atom. The van der Waals surface area contributed by atoms with Crippen LogP contribution in [0.25, 0.3) is 0 Å². The zero-order valence-electron chi connectivity index (χ0n) is 9.27. The smallest absolute Gasteiger partial charge is 0.263 e. The van der Waals surface area contributed by atoms with Gasteiger partial charge in [-0.25, -0.2) is 17.1 Å². The van der Waals surface area contributed by atoms with Crippen LogP contribution >= 0.6 is 0 Å². The zero-order valence-corrected chi connectivity index (χ0v) is 10.1. The monoisotopic (exact) mass is 258 g/mol. The molecule has 17 heavy (non-hydrogen) atoms. The maximum absolute atomic E-state index is 13.1. The molecule has 0 bridgehead atoms. The standard InChI is InChI=1S/C10H11FN2O3S/c1-10(2)9(14)13(17(10,15)16)8-4-6(11)3-7(12)5-8/h3-5H,12H2,1-2H3. The van der Waals surface area contributed by atoms with Gasteiger partial charge in [-0.3, -0.25) is 4.79 Å². The van der Waals surface area contributed by atoms with Gasteiger partial charge in [0.15, 0.2) is 4.75 Å². The molecule has 1 aromatic rings. The molecule has 1 saturated heterocycles. The maximum atomic E-state index is 13.1. The average molecular weight is 258 g/mol. The first-order chi connectivity index (χ1) is 7.68. The van der Waals surface area contributed by atoms with Gasteiger partial charge in [-0.05, 0) is 32.0 Å². The summed E-state index contributed by atoms with van der Waals surface area (Å²) in [6.45, 7) is 2.62. The minimum atomic E-state index is -3.77. The molecule has 0 spiro atoms. The number of nitrogens with two attached hydrogens (primary N) is 1. The van der Waals surface area contributed by atoms with Crippen molar-refractivity contribution in [1.29, 1.82) is 0 Å². The second-order valence-corrected chi connectivity index (χ2v) is 6.66. The lowest BCUT2D eigenvalue weighted by Gasteiger charge is -2.42. The Balaban J connectivity index is 2.54. The minimum Gasteiger partial charge on any atom is -0.399 e. The van der Waals surface area contributed by atoms with Crippen molar-refractivity contribution in [3.63, 3.8) is 0 Å². The SMILES string of the molecule is CC1(C)C(=O)N(c2cc(N)cc(F)c2)S1(=O)=O. The largest absolute Gasteiger partial charge is 0.399 e. The van der Waals surface area contributed by atoms with Crippen molar-refractivity contribution in [2.75, 3.05) is 10.0 Å². The Hall–Kier alpha value is -1.63. The van der Waals surface area contributed by atoms with Crippen LogP contribution < -0.4 is 10.0 Å². The van der Waals surface area contributed by atoms with Crippen LogP contribution in [0.2, 0.25) is 0 Å². The third-order valence-corrected chi connectivity index (χ3v) is 5.05. The van der Waals surface area contributed by atoms with E-state index in [-0.39, 0.29) is 11.4 Å². The fraction of sp³-hybridized carbons (Fsp3) is 0.300. The topological polar surface area (TPSA) is 80.5 Å². The molecule has 0 unspecified atom stereocenters. The number of sulfonamides is 1. The van der Waals surface area contributed by atoms with Crippen LogP contribution in [0.3, 0.4) is 0 Å². The first kappa shape index (κ1) is 11.8. The molecule has 7 heteroatoms. The first-order valence-corrected chi connectivity index (χ1v) is 6.27. The van der Waals surface area contributed by atoms with Gasteiger partial charge in [0.1, 0.15) is 5.82 Å². The molecule has 2 rings (SSSR count). The van der Waals surface area contributed by atoms with Gasteiger partial charge in [0.05, 0.1) is 5.69 Å². The van der Waals surface area contributed by atoms with Crippen LogP contribution in [0.5, 0.6) is 0 Å². The molecule has 0 aromatic heterocycles. The summed E-state index contributed by atoms with van der Waals surface area (Å²) in [6, 6.07) is 3.25. The van der Waals surface area contributed by atoms with Crippen LogP contribution in [-0.4, -0.2) is 19.1 Å². The average Bonchev–Trinajstić information content (AvgIpc) is 2.15. The van der Waals surface area contributed by atoms with E-state index in [9.17, 15) is 17.6 Å². The molecule has 92 valence electrons. The number of rotatable bonds is 1. The lowest BCUT2D eigenvalue weighted by Crippen LogP contribution is -2.67. The van der Waals surface area contributed by atoms with Gasteiger partial charge in [0.2, 0.25) is 0 Å². The third kappa shape index (κ3) is 1.42. The summed E-state index contributed by atoms with van der Waals surface area (Å²) >= 11 is 0. The lowest BCUT2D eigenvalue weighted by molar-refractivity contribution is -0.120. The van der Waals surface area contributed by atoms with E-state index in [0.29, 0.717) is 4.31 Å². The Bertz CT molecular complexity index is 590. The number of nitrogen functional groups attached to an aromatic ring is 1. The molecular formula is C10H11FN2O3S. The fourth-order valence-corrected chi connectivity index (χ4v) is 3.09. The number of hydrogen-bond acceptors (Lipinski definition) is 4. The molecule has 0 atom stereocenters. The van der Waals surface area contributed by atoms with E-state index in [1.165, 1.54) is 19.9 Å². The van der Waals surface area contributed by atoms with Crippen molar-refractivity contribution < 1.29 is 17.6 Å². The highest BCUT2D eigenvalue weighted by Crippen LogP contribution is 2.39. The predicted octanol–water partition coefficient (Wildman–Crippen LogP) is 0.863. The van der Waals surface area contributed by atoms with E-state index >= 15 is 0 Å². The number of hydrogen-bond donors (Lipinski definition) is 1. The molecule has 1 fully saturated rings. The quantitative estimate of drug-likeness (QED) is 0.758. The number of halogens is 1. The number of anilines is 2. The molecule has 1 aliphatic heterocycles. The number of benzene rings is 1. The van der Waals surface area contributed by atoms with E-state index in [1.807, 2.05) is 0 Å². The fourth-order valence-electron chi connectivity index (χ4n) is 1.62. The molecule has 0 saturated carbocycles. The molecule has 1 amide bonds. The maximum Gasteiger partial charge on any atom is 0.263 e. The van der Waals surface area contributed by atoms with Gasteiger partial charge in [-0.2, -0.15) is 0 Å². The van der Waals surface area contributed by atoms with E-state index in [2.05, 4.69) is 0 Å². The van der Waals surface area contributed by atoms with Crippen molar-refractivity contribution in [2.45, 2.75) is 18.6 Å². The molecule has 1 aliphatic rings. The third-order valence-electron chi connectivity index (χ3n) is 2.72.